The Morgan fingerprint density at radius 3 is 2.79 bits per heavy atom. The molecule has 1 amide bonds. The van der Waals surface area contributed by atoms with Crippen LogP contribution in [0, 0.1) is 5.92 Å². The second kappa shape index (κ2) is 3.89. The minimum Gasteiger partial charge on any atom is -0.394 e. The largest absolute Gasteiger partial charge is 0.394 e. The molecule has 1 N–H and O–H groups in total. The topological polar surface area (TPSA) is 40.5 Å². The van der Waals surface area contributed by atoms with E-state index in [4.69, 9.17) is 0 Å². The summed E-state index contributed by atoms with van der Waals surface area (Å²) in [4.78, 5) is 13.4. The lowest BCUT2D eigenvalue weighted by Gasteiger charge is -2.32. The lowest BCUT2D eigenvalue weighted by molar-refractivity contribution is -0.133. The number of rotatable bonds is 1. The molecule has 14 heavy (non-hydrogen) atoms. The first-order chi connectivity index (χ1) is 6.74. The Labute approximate surface area is 85.1 Å². The summed E-state index contributed by atoms with van der Waals surface area (Å²) in [7, 11) is 0. The van der Waals surface area contributed by atoms with E-state index in [1.807, 2.05) is 4.90 Å². The Morgan fingerprint density at radius 1 is 1.43 bits per heavy atom. The third-order valence-corrected chi connectivity index (χ3v) is 3.77. The second-order valence-corrected chi connectivity index (χ2v) is 4.61. The molecule has 1 saturated carbocycles. The third kappa shape index (κ3) is 1.54. The Balaban J connectivity index is 2.14. The number of amides is 1. The zero-order valence-corrected chi connectivity index (χ0v) is 8.78. The Hall–Kier alpha value is -0.570. The van der Waals surface area contributed by atoms with Crippen LogP contribution in [0.2, 0.25) is 0 Å². The molecule has 3 heteroatoms. The highest BCUT2D eigenvalue weighted by molar-refractivity contribution is 5.74. The predicted molar refractivity (Wildman–Crippen MR) is 53.8 cm³/mol. The molecule has 1 heterocycles. The highest BCUT2D eigenvalue weighted by Gasteiger charge is 2.42. The van der Waals surface area contributed by atoms with Gasteiger partial charge in [0.15, 0.2) is 0 Å². The van der Waals surface area contributed by atoms with Gasteiger partial charge < -0.3 is 10.0 Å². The fourth-order valence-electron chi connectivity index (χ4n) is 3.22. The molecule has 0 aromatic heterocycles. The summed E-state index contributed by atoms with van der Waals surface area (Å²) in [5.41, 5.74) is 0. The van der Waals surface area contributed by atoms with Crippen molar-refractivity contribution in [2.45, 2.75) is 51.1 Å². The molecule has 3 atom stereocenters. The maximum absolute atomic E-state index is 11.5. The number of aliphatic hydroxyl groups is 1. The molecule has 80 valence electrons. The maximum Gasteiger partial charge on any atom is 0.220 e. The molecule has 0 aromatic rings. The van der Waals surface area contributed by atoms with Crippen LogP contribution in [0.3, 0.4) is 0 Å². The molecule has 2 rings (SSSR count). The minimum absolute atomic E-state index is 0.0978. The van der Waals surface area contributed by atoms with Gasteiger partial charge in [-0.2, -0.15) is 0 Å². The van der Waals surface area contributed by atoms with Gasteiger partial charge >= 0.3 is 0 Å². The number of carbonyl (C=O) groups is 1. The summed E-state index contributed by atoms with van der Waals surface area (Å²) in [6.45, 7) is 1.76. The average molecular weight is 197 g/mol. The van der Waals surface area contributed by atoms with Crippen LogP contribution in [0.25, 0.3) is 0 Å². The fraction of sp³-hybridized carbons (Fsp3) is 0.909. The monoisotopic (exact) mass is 197 g/mol. The minimum atomic E-state index is 0.0978. The van der Waals surface area contributed by atoms with Crippen LogP contribution in [0.5, 0.6) is 0 Å². The summed E-state index contributed by atoms with van der Waals surface area (Å²) >= 11 is 0. The SMILES string of the molecule is CC(=O)N1C(CO)C[C@@H]2CCCC[C@@H]21. The van der Waals surface area contributed by atoms with Gasteiger partial charge in [0, 0.05) is 13.0 Å². The normalized spacial score (nSPS) is 37.0. The zero-order valence-electron chi connectivity index (χ0n) is 8.78. The first-order valence-corrected chi connectivity index (χ1v) is 5.63. The summed E-state index contributed by atoms with van der Waals surface area (Å²) in [6, 6.07) is 0.527. The van der Waals surface area contributed by atoms with Gasteiger partial charge in [-0.05, 0) is 25.2 Å². The molecule has 0 aromatic carbocycles. The van der Waals surface area contributed by atoms with Crippen molar-refractivity contribution < 1.29 is 9.90 Å². The van der Waals surface area contributed by atoms with Gasteiger partial charge in [-0.15, -0.1) is 0 Å². The van der Waals surface area contributed by atoms with Crippen molar-refractivity contribution in [3.63, 3.8) is 0 Å². The first-order valence-electron chi connectivity index (χ1n) is 5.63. The number of hydrogen-bond donors (Lipinski definition) is 1. The summed E-state index contributed by atoms with van der Waals surface area (Å²) in [6.07, 6.45) is 5.93. The summed E-state index contributed by atoms with van der Waals surface area (Å²) in [5, 5.41) is 9.24. The quantitative estimate of drug-likeness (QED) is 0.685. The highest BCUT2D eigenvalue weighted by Crippen LogP contribution is 2.39. The highest BCUT2D eigenvalue weighted by atomic mass is 16.3. The van der Waals surface area contributed by atoms with Gasteiger partial charge in [0.1, 0.15) is 0 Å². The van der Waals surface area contributed by atoms with E-state index in [9.17, 15) is 9.90 Å². The van der Waals surface area contributed by atoms with E-state index in [1.54, 1.807) is 6.92 Å². The standard InChI is InChI=1S/C11H19NO2/c1-8(14)12-10(7-13)6-9-4-2-3-5-11(9)12/h9-11,13H,2-7H2,1H3/t9-,10?,11-/m0/s1. The third-order valence-electron chi connectivity index (χ3n) is 3.77. The molecule has 0 bridgehead atoms. The number of carbonyl (C=O) groups excluding carboxylic acids is 1. The van der Waals surface area contributed by atoms with E-state index >= 15 is 0 Å². The number of hydrogen-bond acceptors (Lipinski definition) is 2. The Kier molecular flexibility index (Phi) is 2.77. The number of nitrogens with zero attached hydrogens (tertiary/aromatic N) is 1. The van der Waals surface area contributed by atoms with Crippen molar-refractivity contribution in [3.8, 4) is 0 Å². The van der Waals surface area contributed by atoms with Crippen molar-refractivity contribution in [1.29, 1.82) is 0 Å². The molecule has 1 unspecified atom stereocenters. The van der Waals surface area contributed by atoms with E-state index in [1.165, 1.54) is 19.3 Å². The fourth-order valence-corrected chi connectivity index (χ4v) is 3.22. The van der Waals surface area contributed by atoms with E-state index in [0.29, 0.717) is 12.0 Å². The van der Waals surface area contributed by atoms with Crippen molar-refractivity contribution in [1.82, 2.24) is 4.90 Å². The van der Waals surface area contributed by atoms with Gasteiger partial charge in [0.05, 0.1) is 12.6 Å². The number of fused-ring (bicyclic) bond motifs is 1. The van der Waals surface area contributed by atoms with E-state index in [0.717, 1.165) is 12.8 Å². The second-order valence-electron chi connectivity index (χ2n) is 4.61. The van der Waals surface area contributed by atoms with Crippen LogP contribution in [0.1, 0.15) is 39.0 Å². The van der Waals surface area contributed by atoms with Crippen molar-refractivity contribution in [2.75, 3.05) is 6.61 Å². The first kappa shape index (κ1) is 9.97. The van der Waals surface area contributed by atoms with Crippen molar-refractivity contribution in [2.24, 2.45) is 5.92 Å². The molecule has 2 aliphatic rings. The van der Waals surface area contributed by atoms with Crippen LogP contribution >= 0.6 is 0 Å². The Bertz CT molecular complexity index is 229. The molecular weight excluding hydrogens is 178 g/mol. The Morgan fingerprint density at radius 2 is 2.14 bits per heavy atom. The van der Waals surface area contributed by atoms with E-state index in [2.05, 4.69) is 0 Å². The van der Waals surface area contributed by atoms with Crippen molar-refractivity contribution in [3.05, 3.63) is 0 Å². The molecule has 0 radical (unpaired) electrons. The van der Waals surface area contributed by atoms with Crippen molar-refractivity contribution >= 4 is 5.91 Å². The lowest BCUT2D eigenvalue weighted by Crippen LogP contribution is -2.43. The summed E-state index contributed by atoms with van der Waals surface area (Å²) in [5.74, 6) is 0.795. The van der Waals surface area contributed by atoms with Gasteiger partial charge in [0.2, 0.25) is 5.91 Å². The average Bonchev–Trinajstić information content (AvgIpc) is 2.55. The molecule has 2 fully saturated rings. The summed E-state index contributed by atoms with van der Waals surface area (Å²) < 4.78 is 0. The van der Waals surface area contributed by atoms with Gasteiger partial charge in [-0.3, -0.25) is 4.79 Å². The van der Waals surface area contributed by atoms with Crippen LogP contribution < -0.4 is 0 Å². The smallest absolute Gasteiger partial charge is 0.220 e. The molecule has 1 aliphatic heterocycles. The van der Waals surface area contributed by atoms with Gasteiger partial charge in [-0.1, -0.05) is 12.8 Å². The molecule has 3 nitrogen and oxygen atoms in total. The van der Waals surface area contributed by atoms with Crippen LogP contribution in [-0.2, 0) is 4.79 Å². The lowest BCUT2D eigenvalue weighted by atomic mass is 9.85. The van der Waals surface area contributed by atoms with Crippen LogP contribution in [-0.4, -0.2) is 34.6 Å². The zero-order chi connectivity index (χ0) is 10.1. The van der Waals surface area contributed by atoms with Gasteiger partial charge in [0.25, 0.3) is 0 Å². The number of likely N-dealkylation sites (tertiary alicyclic amines) is 1. The van der Waals surface area contributed by atoms with E-state index in [-0.39, 0.29) is 18.6 Å². The van der Waals surface area contributed by atoms with E-state index < -0.39 is 0 Å². The van der Waals surface area contributed by atoms with Crippen LogP contribution in [0.15, 0.2) is 0 Å². The molecule has 0 spiro atoms. The molecular formula is C11H19NO2. The van der Waals surface area contributed by atoms with Gasteiger partial charge in [-0.25, -0.2) is 0 Å². The number of aliphatic hydroxyl groups excluding tert-OH is 1. The predicted octanol–water partition coefficient (Wildman–Crippen LogP) is 1.16. The molecule has 1 aliphatic carbocycles. The maximum atomic E-state index is 11.5. The molecule has 1 saturated heterocycles. The van der Waals surface area contributed by atoms with Crippen LogP contribution in [0.4, 0.5) is 0 Å².